The van der Waals surface area contributed by atoms with Gasteiger partial charge in [0.15, 0.2) is 0 Å². The first kappa shape index (κ1) is 19.2. The van der Waals surface area contributed by atoms with Crippen LogP contribution in [0, 0.1) is 11.8 Å². The Labute approximate surface area is 159 Å². The Morgan fingerprint density at radius 3 is 2.37 bits per heavy atom. The lowest BCUT2D eigenvalue weighted by Crippen LogP contribution is -2.44. The molecule has 0 bridgehead atoms. The number of carbonyl (C=O) groups is 3. The minimum Gasteiger partial charge on any atom is -0.497 e. The number of hydrogen-bond acceptors (Lipinski definition) is 5. The second kappa shape index (κ2) is 8.41. The summed E-state index contributed by atoms with van der Waals surface area (Å²) in [5.74, 6) is 0.0455. The Bertz CT molecular complexity index is 695. The summed E-state index contributed by atoms with van der Waals surface area (Å²) in [4.78, 5) is 40.5. The first-order valence-electron chi connectivity index (χ1n) is 9.43. The SMILES string of the molecule is CCOC(=O)C1CCN(C(=O)[C@@H]2CC(=O)N(c3ccc(OC)cc3)C2)CC1. The van der Waals surface area contributed by atoms with Crippen LogP contribution in [0.1, 0.15) is 26.2 Å². The normalized spacial score (nSPS) is 20.7. The molecule has 2 heterocycles. The van der Waals surface area contributed by atoms with Gasteiger partial charge in [-0.2, -0.15) is 0 Å². The quantitative estimate of drug-likeness (QED) is 0.735. The number of esters is 1. The molecule has 146 valence electrons. The van der Waals surface area contributed by atoms with Crippen molar-refractivity contribution < 1.29 is 23.9 Å². The first-order valence-corrected chi connectivity index (χ1v) is 9.43. The molecule has 27 heavy (non-hydrogen) atoms. The van der Waals surface area contributed by atoms with Crippen LogP contribution in [0.25, 0.3) is 0 Å². The van der Waals surface area contributed by atoms with E-state index in [0.29, 0.717) is 39.1 Å². The number of ether oxygens (including phenoxy) is 2. The summed E-state index contributed by atoms with van der Waals surface area (Å²) in [6.07, 6.45) is 1.46. The van der Waals surface area contributed by atoms with E-state index in [-0.39, 0.29) is 36.0 Å². The summed E-state index contributed by atoms with van der Waals surface area (Å²) in [6, 6.07) is 7.26. The Morgan fingerprint density at radius 1 is 1.11 bits per heavy atom. The molecule has 0 aliphatic carbocycles. The largest absolute Gasteiger partial charge is 0.497 e. The van der Waals surface area contributed by atoms with Gasteiger partial charge in [-0.15, -0.1) is 0 Å². The molecule has 2 saturated heterocycles. The molecular weight excluding hydrogens is 348 g/mol. The van der Waals surface area contributed by atoms with Gasteiger partial charge in [0.2, 0.25) is 11.8 Å². The number of amides is 2. The minimum absolute atomic E-state index is 0.00155. The Hall–Kier alpha value is -2.57. The van der Waals surface area contributed by atoms with Crippen molar-refractivity contribution in [3.8, 4) is 5.75 Å². The molecule has 0 N–H and O–H groups in total. The van der Waals surface area contributed by atoms with Crippen LogP contribution >= 0.6 is 0 Å². The van der Waals surface area contributed by atoms with E-state index in [0.717, 1.165) is 11.4 Å². The standard InChI is InChI=1S/C20H26N2O5/c1-3-27-20(25)14-8-10-21(11-9-14)19(24)15-12-18(23)22(13-15)16-4-6-17(26-2)7-5-16/h4-7,14-15H,3,8-13H2,1-2H3/t15-/m1/s1. The van der Waals surface area contributed by atoms with Crippen LogP contribution in [0.3, 0.4) is 0 Å². The fourth-order valence-electron chi connectivity index (χ4n) is 3.74. The molecule has 0 radical (unpaired) electrons. The molecule has 1 aromatic carbocycles. The summed E-state index contributed by atoms with van der Waals surface area (Å²) < 4.78 is 10.2. The van der Waals surface area contributed by atoms with Crippen LogP contribution < -0.4 is 9.64 Å². The molecule has 7 nitrogen and oxygen atoms in total. The number of rotatable bonds is 5. The van der Waals surface area contributed by atoms with Gasteiger partial charge >= 0.3 is 5.97 Å². The van der Waals surface area contributed by atoms with Crippen molar-refractivity contribution in [3.63, 3.8) is 0 Å². The van der Waals surface area contributed by atoms with Crippen molar-refractivity contribution in [2.75, 3.05) is 38.3 Å². The maximum absolute atomic E-state index is 12.8. The topological polar surface area (TPSA) is 76.2 Å². The zero-order valence-electron chi connectivity index (χ0n) is 15.8. The van der Waals surface area contributed by atoms with E-state index in [1.807, 2.05) is 12.1 Å². The van der Waals surface area contributed by atoms with Gasteiger partial charge in [0, 0.05) is 31.7 Å². The van der Waals surface area contributed by atoms with Gasteiger partial charge in [-0.3, -0.25) is 14.4 Å². The first-order chi connectivity index (χ1) is 13.0. The highest BCUT2D eigenvalue weighted by molar-refractivity contribution is 6.00. The highest BCUT2D eigenvalue weighted by atomic mass is 16.5. The number of anilines is 1. The molecule has 7 heteroatoms. The third-order valence-electron chi connectivity index (χ3n) is 5.28. The molecule has 0 saturated carbocycles. The molecule has 2 amide bonds. The number of methoxy groups -OCH3 is 1. The van der Waals surface area contributed by atoms with Gasteiger partial charge in [0.1, 0.15) is 5.75 Å². The van der Waals surface area contributed by atoms with Crippen LogP contribution in [0.15, 0.2) is 24.3 Å². The van der Waals surface area contributed by atoms with Crippen LogP contribution in [0.5, 0.6) is 5.75 Å². The molecule has 3 rings (SSSR count). The van der Waals surface area contributed by atoms with Gasteiger partial charge < -0.3 is 19.3 Å². The monoisotopic (exact) mass is 374 g/mol. The highest BCUT2D eigenvalue weighted by Gasteiger charge is 2.38. The second-order valence-corrected chi connectivity index (χ2v) is 6.96. The number of hydrogen-bond donors (Lipinski definition) is 0. The van der Waals surface area contributed by atoms with Gasteiger partial charge in [0.05, 0.1) is 25.6 Å². The lowest BCUT2D eigenvalue weighted by molar-refractivity contribution is -0.151. The summed E-state index contributed by atoms with van der Waals surface area (Å²) in [6.45, 7) is 3.64. The van der Waals surface area contributed by atoms with E-state index < -0.39 is 0 Å². The summed E-state index contributed by atoms with van der Waals surface area (Å²) in [7, 11) is 1.59. The third kappa shape index (κ3) is 4.23. The lowest BCUT2D eigenvalue weighted by Gasteiger charge is -2.32. The number of carbonyl (C=O) groups excluding carboxylic acids is 3. The molecule has 1 atom stereocenters. The van der Waals surface area contributed by atoms with E-state index in [1.165, 1.54) is 0 Å². The highest BCUT2D eigenvalue weighted by Crippen LogP contribution is 2.29. The minimum atomic E-state index is -0.334. The number of nitrogens with zero attached hydrogens (tertiary/aromatic N) is 2. The van der Waals surface area contributed by atoms with E-state index in [1.54, 1.807) is 36.0 Å². The number of likely N-dealkylation sites (tertiary alicyclic amines) is 1. The van der Waals surface area contributed by atoms with Crippen LogP contribution in [0.4, 0.5) is 5.69 Å². The lowest BCUT2D eigenvalue weighted by atomic mass is 9.95. The van der Waals surface area contributed by atoms with Crippen molar-refractivity contribution in [3.05, 3.63) is 24.3 Å². The van der Waals surface area contributed by atoms with E-state index in [2.05, 4.69) is 0 Å². The van der Waals surface area contributed by atoms with E-state index in [4.69, 9.17) is 9.47 Å². The molecule has 0 unspecified atom stereocenters. The predicted octanol–water partition coefficient (Wildman–Crippen LogP) is 1.85. The van der Waals surface area contributed by atoms with Crippen molar-refractivity contribution in [2.45, 2.75) is 26.2 Å². The van der Waals surface area contributed by atoms with Crippen LogP contribution in [-0.2, 0) is 19.1 Å². The van der Waals surface area contributed by atoms with Gasteiger partial charge in [-0.1, -0.05) is 0 Å². The predicted molar refractivity (Wildman–Crippen MR) is 99.4 cm³/mol. The smallest absolute Gasteiger partial charge is 0.309 e. The maximum Gasteiger partial charge on any atom is 0.309 e. The Morgan fingerprint density at radius 2 is 1.78 bits per heavy atom. The molecule has 2 aliphatic heterocycles. The van der Waals surface area contributed by atoms with Crippen LogP contribution in [-0.4, -0.2) is 56.0 Å². The zero-order valence-corrected chi connectivity index (χ0v) is 15.8. The van der Waals surface area contributed by atoms with E-state index in [9.17, 15) is 14.4 Å². The maximum atomic E-state index is 12.8. The number of benzene rings is 1. The van der Waals surface area contributed by atoms with Crippen molar-refractivity contribution >= 4 is 23.5 Å². The summed E-state index contributed by atoms with van der Waals surface area (Å²) in [5.41, 5.74) is 0.775. The summed E-state index contributed by atoms with van der Waals surface area (Å²) in [5, 5.41) is 0. The molecule has 0 aromatic heterocycles. The average molecular weight is 374 g/mol. The van der Waals surface area contributed by atoms with Gasteiger partial charge in [-0.05, 0) is 44.0 Å². The number of piperidine rings is 1. The second-order valence-electron chi connectivity index (χ2n) is 6.96. The van der Waals surface area contributed by atoms with Gasteiger partial charge in [-0.25, -0.2) is 0 Å². The fraction of sp³-hybridized carbons (Fsp3) is 0.550. The molecule has 0 spiro atoms. The molecule has 2 aliphatic rings. The zero-order chi connectivity index (χ0) is 19.4. The molecular formula is C20H26N2O5. The van der Waals surface area contributed by atoms with Gasteiger partial charge in [0.25, 0.3) is 0 Å². The Kier molecular flexibility index (Phi) is 5.98. The van der Waals surface area contributed by atoms with E-state index >= 15 is 0 Å². The van der Waals surface area contributed by atoms with Crippen LogP contribution in [0.2, 0.25) is 0 Å². The molecule has 1 aromatic rings. The van der Waals surface area contributed by atoms with Crippen molar-refractivity contribution in [2.24, 2.45) is 11.8 Å². The summed E-state index contributed by atoms with van der Waals surface area (Å²) >= 11 is 0. The Balaban J connectivity index is 1.57. The fourth-order valence-corrected chi connectivity index (χ4v) is 3.74. The van der Waals surface area contributed by atoms with Crippen molar-refractivity contribution in [1.29, 1.82) is 0 Å². The molecule has 2 fully saturated rings. The average Bonchev–Trinajstić information content (AvgIpc) is 3.09. The van der Waals surface area contributed by atoms with Crippen molar-refractivity contribution in [1.82, 2.24) is 4.90 Å². The third-order valence-corrected chi connectivity index (χ3v) is 5.28.